The van der Waals surface area contributed by atoms with E-state index in [0.29, 0.717) is 37.4 Å². The van der Waals surface area contributed by atoms with Crippen LogP contribution in [0.15, 0.2) is 18.3 Å². The van der Waals surface area contributed by atoms with Crippen LogP contribution in [0.2, 0.25) is 0 Å². The highest BCUT2D eigenvalue weighted by molar-refractivity contribution is 6.07. The van der Waals surface area contributed by atoms with Gasteiger partial charge in [-0.25, -0.2) is 9.78 Å². The minimum Gasteiger partial charge on any atom is -0.462 e. The van der Waals surface area contributed by atoms with E-state index in [-0.39, 0.29) is 11.9 Å². The Morgan fingerprint density at radius 1 is 1.36 bits per heavy atom. The van der Waals surface area contributed by atoms with Crippen LogP contribution in [0.5, 0.6) is 5.88 Å². The molecule has 1 saturated heterocycles. The first-order valence-corrected chi connectivity index (χ1v) is 7.48. The lowest BCUT2D eigenvalue weighted by molar-refractivity contribution is -0.00559. The Morgan fingerprint density at radius 3 is 2.64 bits per heavy atom. The number of ketones is 1. The van der Waals surface area contributed by atoms with Gasteiger partial charge in [0.1, 0.15) is 5.60 Å². The highest BCUT2D eigenvalue weighted by Gasteiger charge is 2.51. The van der Waals surface area contributed by atoms with Crippen molar-refractivity contribution in [2.75, 3.05) is 13.1 Å². The van der Waals surface area contributed by atoms with Crippen LogP contribution in [0.1, 0.15) is 44.0 Å². The SMILES string of the molecule is CC(C)(C)OC(=O)N1CCC2(CC1)Oc1ncccc1C2=O. The van der Waals surface area contributed by atoms with Gasteiger partial charge in [0.25, 0.3) is 0 Å². The lowest BCUT2D eigenvalue weighted by Gasteiger charge is -2.37. The number of ether oxygens (including phenoxy) is 2. The van der Waals surface area contributed by atoms with Gasteiger partial charge in [0.05, 0.1) is 5.56 Å². The number of amides is 1. The summed E-state index contributed by atoms with van der Waals surface area (Å²) in [5, 5.41) is 0. The number of Topliss-reactive ketones (excluding diaryl/α,β-unsaturated/α-hetero) is 1. The summed E-state index contributed by atoms with van der Waals surface area (Å²) in [5.41, 5.74) is -0.852. The molecule has 6 heteroatoms. The zero-order chi connectivity index (χ0) is 16.0. The van der Waals surface area contributed by atoms with Gasteiger partial charge in [-0.05, 0) is 32.9 Å². The van der Waals surface area contributed by atoms with Gasteiger partial charge in [0.15, 0.2) is 5.60 Å². The summed E-state index contributed by atoms with van der Waals surface area (Å²) < 4.78 is 11.2. The second kappa shape index (κ2) is 4.97. The Morgan fingerprint density at radius 2 is 2.05 bits per heavy atom. The molecular formula is C16H20N2O4. The highest BCUT2D eigenvalue weighted by atomic mass is 16.6. The summed E-state index contributed by atoms with van der Waals surface area (Å²) in [4.78, 5) is 30.4. The number of aromatic nitrogens is 1. The first-order valence-electron chi connectivity index (χ1n) is 7.48. The van der Waals surface area contributed by atoms with Crippen LogP contribution >= 0.6 is 0 Å². The molecule has 0 aliphatic carbocycles. The number of carbonyl (C=O) groups is 2. The maximum atomic E-state index is 12.6. The normalized spacial score (nSPS) is 19.8. The van der Waals surface area contributed by atoms with Crippen molar-refractivity contribution in [1.82, 2.24) is 9.88 Å². The van der Waals surface area contributed by atoms with E-state index in [1.165, 1.54) is 0 Å². The van der Waals surface area contributed by atoms with Crippen LogP contribution in [-0.4, -0.2) is 46.1 Å². The van der Waals surface area contributed by atoms with Crippen LogP contribution in [-0.2, 0) is 4.74 Å². The van der Waals surface area contributed by atoms with Crippen molar-refractivity contribution in [3.8, 4) is 5.88 Å². The number of carbonyl (C=O) groups excluding carboxylic acids is 2. The largest absolute Gasteiger partial charge is 0.462 e. The second-order valence-corrected chi connectivity index (χ2v) is 6.75. The van der Waals surface area contributed by atoms with Crippen molar-refractivity contribution in [1.29, 1.82) is 0 Å². The van der Waals surface area contributed by atoms with Gasteiger partial charge >= 0.3 is 6.09 Å². The third-order valence-corrected chi connectivity index (χ3v) is 3.94. The quantitative estimate of drug-likeness (QED) is 0.736. The van der Waals surface area contributed by atoms with Crippen LogP contribution < -0.4 is 4.74 Å². The van der Waals surface area contributed by atoms with E-state index < -0.39 is 11.2 Å². The van der Waals surface area contributed by atoms with E-state index in [0.717, 1.165) is 0 Å². The van der Waals surface area contributed by atoms with Crippen molar-refractivity contribution in [3.63, 3.8) is 0 Å². The number of nitrogens with zero attached hydrogens (tertiary/aromatic N) is 2. The van der Waals surface area contributed by atoms with E-state index in [1.54, 1.807) is 23.2 Å². The molecular weight excluding hydrogens is 284 g/mol. The fourth-order valence-electron chi connectivity index (χ4n) is 2.83. The van der Waals surface area contributed by atoms with E-state index in [9.17, 15) is 9.59 Å². The average molecular weight is 304 g/mol. The average Bonchev–Trinajstić information content (AvgIpc) is 2.71. The number of hydrogen-bond donors (Lipinski definition) is 0. The molecule has 2 aliphatic rings. The molecule has 1 fully saturated rings. The van der Waals surface area contributed by atoms with Crippen LogP contribution in [0.25, 0.3) is 0 Å². The summed E-state index contributed by atoms with van der Waals surface area (Å²) >= 11 is 0. The minimum atomic E-state index is -0.866. The molecule has 2 aliphatic heterocycles. The number of piperidine rings is 1. The van der Waals surface area contributed by atoms with Gasteiger partial charge in [0, 0.05) is 32.1 Å². The van der Waals surface area contributed by atoms with Crippen LogP contribution in [0.4, 0.5) is 4.79 Å². The lowest BCUT2D eigenvalue weighted by atomic mass is 9.86. The topological polar surface area (TPSA) is 68.7 Å². The first kappa shape index (κ1) is 14.8. The van der Waals surface area contributed by atoms with Gasteiger partial charge in [-0.2, -0.15) is 0 Å². The Bertz CT molecular complexity index is 613. The van der Waals surface area contributed by atoms with E-state index >= 15 is 0 Å². The summed E-state index contributed by atoms with van der Waals surface area (Å²) in [7, 11) is 0. The van der Waals surface area contributed by atoms with Gasteiger partial charge in [-0.3, -0.25) is 4.79 Å². The van der Waals surface area contributed by atoms with Gasteiger partial charge in [-0.15, -0.1) is 0 Å². The summed E-state index contributed by atoms with van der Waals surface area (Å²) in [5.74, 6) is 0.373. The summed E-state index contributed by atoms with van der Waals surface area (Å²) in [6, 6.07) is 3.47. The number of rotatable bonds is 0. The second-order valence-electron chi connectivity index (χ2n) is 6.75. The number of likely N-dealkylation sites (tertiary alicyclic amines) is 1. The standard InChI is InChI=1S/C16H20N2O4/c1-15(2,3)22-14(20)18-9-6-16(7-10-18)12(19)11-5-4-8-17-13(11)21-16/h4-5,8H,6-7,9-10H2,1-3H3. The Labute approximate surface area is 129 Å². The molecule has 3 heterocycles. The Balaban J connectivity index is 1.68. The third kappa shape index (κ3) is 2.53. The lowest BCUT2D eigenvalue weighted by Crippen LogP contribution is -2.52. The molecule has 1 amide bonds. The Hall–Kier alpha value is -2.11. The number of hydrogen-bond acceptors (Lipinski definition) is 5. The van der Waals surface area contributed by atoms with Crippen molar-refractivity contribution in [2.24, 2.45) is 0 Å². The molecule has 1 aromatic rings. The molecule has 0 saturated carbocycles. The van der Waals surface area contributed by atoms with Crippen LogP contribution in [0, 0.1) is 0 Å². The molecule has 118 valence electrons. The molecule has 1 spiro atoms. The van der Waals surface area contributed by atoms with Gasteiger partial charge in [0.2, 0.25) is 11.7 Å². The van der Waals surface area contributed by atoms with E-state index in [4.69, 9.17) is 9.47 Å². The van der Waals surface area contributed by atoms with E-state index in [2.05, 4.69) is 4.98 Å². The van der Waals surface area contributed by atoms with Crippen molar-refractivity contribution < 1.29 is 19.1 Å². The molecule has 22 heavy (non-hydrogen) atoms. The van der Waals surface area contributed by atoms with E-state index in [1.807, 2.05) is 20.8 Å². The summed E-state index contributed by atoms with van der Waals surface area (Å²) in [6.07, 6.45) is 2.19. The molecule has 1 aromatic heterocycles. The smallest absolute Gasteiger partial charge is 0.410 e. The molecule has 0 unspecified atom stereocenters. The monoisotopic (exact) mass is 304 g/mol. The number of pyridine rings is 1. The van der Waals surface area contributed by atoms with Gasteiger partial charge in [-0.1, -0.05) is 0 Å². The van der Waals surface area contributed by atoms with Gasteiger partial charge < -0.3 is 14.4 Å². The molecule has 0 atom stereocenters. The van der Waals surface area contributed by atoms with Crippen molar-refractivity contribution in [2.45, 2.75) is 44.8 Å². The summed E-state index contributed by atoms with van der Waals surface area (Å²) in [6.45, 7) is 6.38. The predicted molar refractivity (Wildman–Crippen MR) is 79.0 cm³/mol. The van der Waals surface area contributed by atoms with Crippen molar-refractivity contribution in [3.05, 3.63) is 23.9 Å². The van der Waals surface area contributed by atoms with Crippen molar-refractivity contribution >= 4 is 11.9 Å². The first-order chi connectivity index (χ1) is 10.3. The van der Waals surface area contributed by atoms with Crippen LogP contribution in [0.3, 0.4) is 0 Å². The third-order valence-electron chi connectivity index (χ3n) is 3.94. The maximum absolute atomic E-state index is 12.6. The predicted octanol–water partition coefficient (Wildman–Crippen LogP) is 2.43. The highest BCUT2D eigenvalue weighted by Crippen LogP contribution is 2.39. The molecule has 0 N–H and O–H groups in total. The maximum Gasteiger partial charge on any atom is 0.410 e. The molecule has 3 rings (SSSR count). The molecule has 0 radical (unpaired) electrons. The molecule has 6 nitrogen and oxygen atoms in total. The fourth-order valence-corrected chi connectivity index (χ4v) is 2.83. The molecule has 0 aromatic carbocycles. The zero-order valence-electron chi connectivity index (χ0n) is 13.1. The molecule has 0 bridgehead atoms. The zero-order valence-corrected chi connectivity index (χ0v) is 13.1. The Kier molecular flexibility index (Phi) is 3.34. The fraction of sp³-hybridized carbons (Fsp3) is 0.562. The number of fused-ring (bicyclic) bond motifs is 1. The minimum absolute atomic E-state index is 0.0283.